The Kier molecular flexibility index (Phi) is 3.36. The Morgan fingerprint density at radius 3 is 2.62 bits per heavy atom. The van der Waals surface area contributed by atoms with Crippen molar-refractivity contribution in [1.29, 1.82) is 0 Å². The molecule has 0 aromatic heterocycles. The summed E-state index contributed by atoms with van der Waals surface area (Å²) in [6.07, 6.45) is 5.13. The molecule has 0 spiro atoms. The first-order chi connectivity index (χ1) is 6.13. The normalized spacial score (nSPS) is 9.31. The SMILES string of the molecule is C#CC(=O)Cc1ccc(Cl)c(Cl)c1. The van der Waals surface area contributed by atoms with Crippen LogP contribution in [0.15, 0.2) is 18.2 Å². The number of benzene rings is 1. The number of rotatable bonds is 2. The summed E-state index contributed by atoms with van der Waals surface area (Å²) in [5.74, 6) is 1.77. The number of carbonyl (C=O) groups excluding carboxylic acids is 1. The van der Waals surface area contributed by atoms with E-state index in [0.29, 0.717) is 10.0 Å². The van der Waals surface area contributed by atoms with Crippen molar-refractivity contribution in [3.63, 3.8) is 0 Å². The molecule has 0 saturated heterocycles. The minimum absolute atomic E-state index is 0.202. The summed E-state index contributed by atoms with van der Waals surface area (Å²) in [5, 5.41) is 0.905. The van der Waals surface area contributed by atoms with Gasteiger partial charge >= 0.3 is 0 Å². The van der Waals surface area contributed by atoms with Gasteiger partial charge in [-0.05, 0) is 23.6 Å². The largest absolute Gasteiger partial charge is 0.285 e. The van der Waals surface area contributed by atoms with Gasteiger partial charge in [-0.3, -0.25) is 4.79 Å². The van der Waals surface area contributed by atoms with Crippen LogP contribution in [0.4, 0.5) is 0 Å². The van der Waals surface area contributed by atoms with E-state index >= 15 is 0 Å². The van der Waals surface area contributed by atoms with E-state index in [2.05, 4.69) is 0 Å². The van der Waals surface area contributed by atoms with Crippen molar-refractivity contribution in [3.05, 3.63) is 33.8 Å². The van der Waals surface area contributed by atoms with Gasteiger partial charge in [-0.15, -0.1) is 6.42 Å². The maximum absolute atomic E-state index is 10.9. The Hall–Kier alpha value is -0.970. The van der Waals surface area contributed by atoms with Crippen LogP contribution in [0.1, 0.15) is 5.56 Å². The van der Waals surface area contributed by atoms with E-state index in [1.165, 1.54) is 0 Å². The minimum Gasteiger partial charge on any atom is -0.285 e. The second-order valence-electron chi connectivity index (χ2n) is 2.49. The maximum Gasteiger partial charge on any atom is 0.209 e. The summed E-state index contributed by atoms with van der Waals surface area (Å²) in [4.78, 5) is 10.9. The standard InChI is InChI=1S/C10H6Cl2O/c1-2-8(13)5-7-3-4-9(11)10(12)6-7/h1,3-4,6H,5H2. The van der Waals surface area contributed by atoms with Crippen LogP contribution < -0.4 is 0 Å². The van der Waals surface area contributed by atoms with Crippen LogP contribution in [0, 0.1) is 12.3 Å². The number of hydrogen-bond acceptors (Lipinski definition) is 1. The number of hydrogen-bond donors (Lipinski definition) is 0. The monoisotopic (exact) mass is 212 g/mol. The molecule has 0 heterocycles. The predicted molar refractivity (Wildman–Crippen MR) is 54.0 cm³/mol. The summed E-state index contributed by atoms with van der Waals surface area (Å²) in [6, 6.07) is 5.01. The molecule has 0 bridgehead atoms. The molecule has 0 aliphatic carbocycles. The zero-order valence-corrected chi connectivity index (χ0v) is 8.19. The third-order valence-electron chi connectivity index (χ3n) is 1.51. The summed E-state index contributed by atoms with van der Waals surface area (Å²) in [7, 11) is 0. The van der Waals surface area contributed by atoms with Crippen LogP contribution in [0.25, 0.3) is 0 Å². The average Bonchev–Trinajstić information content (AvgIpc) is 2.11. The third kappa shape index (κ3) is 2.77. The van der Waals surface area contributed by atoms with Crippen LogP contribution in [0.3, 0.4) is 0 Å². The smallest absolute Gasteiger partial charge is 0.209 e. The molecule has 0 radical (unpaired) electrons. The van der Waals surface area contributed by atoms with Crippen molar-refractivity contribution in [1.82, 2.24) is 0 Å². The Bertz CT molecular complexity index is 377. The van der Waals surface area contributed by atoms with E-state index in [9.17, 15) is 4.79 Å². The topological polar surface area (TPSA) is 17.1 Å². The number of halogens is 2. The van der Waals surface area contributed by atoms with Crippen molar-refractivity contribution < 1.29 is 4.79 Å². The van der Waals surface area contributed by atoms with Crippen LogP contribution >= 0.6 is 23.2 Å². The van der Waals surface area contributed by atoms with Gasteiger partial charge in [0.1, 0.15) is 0 Å². The zero-order valence-electron chi connectivity index (χ0n) is 6.68. The predicted octanol–water partition coefficient (Wildman–Crippen LogP) is 2.74. The van der Waals surface area contributed by atoms with Gasteiger partial charge in [0.25, 0.3) is 0 Å². The minimum atomic E-state index is -0.265. The lowest BCUT2D eigenvalue weighted by Gasteiger charge is -1.99. The lowest BCUT2D eigenvalue weighted by atomic mass is 10.1. The van der Waals surface area contributed by atoms with Crippen molar-refractivity contribution in [2.45, 2.75) is 6.42 Å². The second-order valence-corrected chi connectivity index (χ2v) is 3.31. The third-order valence-corrected chi connectivity index (χ3v) is 2.25. The molecular formula is C10H6Cl2O. The van der Waals surface area contributed by atoms with Crippen molar-refractivity contribution in [3.8, 4) is 12.3 Å². The first kappa shape index (κ1) is 10.1. The maximum atomic E-state index is 10.9. The van der Waals surface area contributed by atoms with E-state index in [1.807, 2.05) is 5.92 Å². The van der Waals surface area contributed by atoms with E-state index in [0.717, 1.165) is 5.56 Å². The molecule has 0 fully saturated rings. The number of ketones is 1. The molecule has 3 heteroatoms. The molecule has 66 valence electrons. The average molecular weight is 213 g/mol. The van der Waals surface area contributed by atoms with Crippen molar-refractivity contribution >= 4 is 29.0 Å². The Morgan fingerprint density at radius 2 is 2.08 bits per heavy atom. The van der Waals surface area contributed by atoms with Crippen molar-refractivity contribution in [2.75, 3.05) is 0 Å². The van der Waals surface area contributed by atoms with Gasteiger partial charge in [0.15, 0.2) is 0 Å². The fourth-order valence-electron chi connectivity index (χ4n) is 0.886. The quantitative estimate of drug-likeness (QED) is 0.545. The van der Waals surface area contributed by atoms with E-state index in [-0.39, 0.29) is 12.2 Å². The number of Topliss-reactive ketones (excluding diaryl/α,β-unsaturated/α-hetero) is 1. The van der Waals surface area contributed by atoms with Crippen molar-refractivity contribution in [2.24, 2.45) is 0 Å². The molecule has 0 amide bonds. The lowest BCUT2D eigenvalue weighted by molar-refractivity contribution is -0.113. The van der Waals surface area contributed by atoms with Gasteiger partial charge in [-0.1, -0.05) is 29.3 Å². The Balaban J connectivity index is 2.87. The molecular weight excluding hydrogens is 207 g/mol. The van der Waals surface area contributed by atoms with E-state index in [4.69, 9.17) is 29.6 Å². The van der Waals surface area contributed by atoms with Crippen LogP contribution in [0.5, 0.6) is 0 Å². The first-order valence-corrected chi connectivity index (χ1v) is 4.32. The molecule has 1 aromatic rings. The van der Waals surface area contributed by atoms with Gasteiger partial charge in [0, 0.05) is 6.42 Å². The summed E-state index contributed by atoms with van der Waals surface area (Å²) in [6.45, 7) is 0. The van der Waals surface area contributed by atoms with Gasteiger partial charge < -0.3 is 0 Å². The molecule has 1 aromatic carbocycles. The fraction of sp³-hybridized carbons (Fsp3) is 0.100. The molecule has 0 N–H and O–H groups in total. The molecule has 0 atom stereocenters. The molecule has 0 unspecified atom stereocenters. The molecule has 0 aliphatic rings. The summed E-state index contributed by atoms with van der Waals surface area (Å²) < 4.78 is 0. The highest BCUT2D eigenvalue weighted by Crippen LogP contribution is 2.22. The van der Waals surface area contributed by atoms with Gasteiger partial charge in [0.05, 0.1) is 10.0 Å². The second kappa shape index (κ2) is 4.32. The fourth-order valence-corrected chi connectivity index (χ4v) is 1.21. The summed E-state index contributed by atoms with van der Waals surface area (Å²) in [5.41, 5.74) is 0.775. The van der Waals surface area contributed by atoms with E-state index < -0.39 is 0 Å². The van der Waals surface area contributed by atoms with Crippen LogP contribution in [-0.2, 0) is 11.2 Å². The van der Waals surface area contributed by atoms with Crippen LogP contribution in [0.2, 0.25) is 10.0 Å². The Labute approximate surface area is 86.7 Å². The summed E-state index contributed by atoms with van der Waals surface area (Å²) >= 11 is 11.4. The van der Waals surface area contributed by atoms with E-state index in [1.54, 1.807) is 18.2 Å². The molecule has 0 aliphatic heterocycles. The number of terminal acetylenes is 1. The number of carbonyl (C=O) groups is 1. The first-order valence-electron chi connectivity index (χ1n) is 3.57. The Morgan fingerprint density at radius 1 is 1.38 bits per heavy atom. The highest BCUT2D eigenvalue weighted by molar-refractivity contribution is 6.42. The van der Waals surface area contributed by atoms with Gasteiger partial charge in [-0.25, -0.2) is 0 Å². The van der Waals surface area contributed by atoms with Gasteiger partial charge in [-0.2, -0.15) is 0 Å². The molecule has 0 saturated carbocycles. The highest BCUT2D eigenvalue weighted by atomic mass is 35.5. The highest BCUT2D eigenvalue weighted by Gasteiger charge is 2.02. The lowest BCUT2D eigenvalue weighted by Crippen LogP contribution is -1.98. The molecule has 1 rings (SSSR count). The molecule has 13 heavy (non-hydrogen) atoms. The van der Waals surface area contributed by atoms with Crippen LogP contribution in [-0.4, -0.2) is 5.78 Å². The zero-order chi connectivity index (χ0) is 9.84. The molecule has 1 nitrogen and oxygen atoms in total. The van der Waals surface area contributed by atoms with Gasteiger partial charge in [0.2, 0.25) is 5.78 Å².